The van der Waals surface area contributed by atoms with Crippen molar-refractivity contribution in [2.24, 2.45) is 5.73 Å². The number of benzene rings is 4. The molecule has 0 unspecified atom stereocenters. The summed E-state index contributed by atoms with van der Waals surface area (Å²) in [5, 5.41) is 0. The van der Waals surface area contributed by atoms with E-state index in [9.17, 15) is 13.6 Å². The number of hydrogen-bond acceptors (Lipinski definition) is 4. The number of methoxy groups -OCH3 is 1. The molecule has 0 fully saturated rings. The molecule has 4 aromatic carbocycles. The minimum atomic E-state index is -0.550. The second kappa shape index (κ2) is 13.5. The maximum Gasteiger partial charge on any atom is 0.248 e. The van der Waals surface area contributed by atoms with Crippen LogP contribution < -0.4 is 15.2 Å². The standard InChI is InChI=1S/C32H32F2N2O3/c1-38-31-20-25(32(35)37)13-16-30(31)39-18-8-17-36(21-26-19-27(33)14-15-29(26)34)22-28(23-9-4-2-5-10-23)24-11-6-3-7-12-24/h2-7,9-16,19-20,28H,8,17-18,21-22H2,1H3,(H2,35,37). The highest BCUT2D eigenvalue weighted by atomic mass is 19.1. The Hall–Kier alpha value is -4.23. The molecule has 0 aliphatic rings. The van der Waals surface area contributed by atoms with Crippen LogP contribution in [0.15, 0.2) is 97.1 Å². The first-order valence-corrected chi connectivity index (χ1v) is 12.8. The summed E-state index contributed by atoms with van der Waals surface area (Å²) in [5.74, 6) is -0.510. The molecule has 7 heteroatoms. The number of carbonyl (C=O) groups excluding carboxylic acids is 1. The number of nitrogens with two attached hydrogens (primary N) is 1. The van der Waals surface area contributed by atoms with E-state index in [0.717, 1.165) is 17.2 Å². The molecule has 0 spiro atoms. The summed E-state index contributed by atoms with van der Waals surface area (Å²) in [6.07, 6.45) is 0.619. The molecule has 0 aliphatic heterocycles. The molecule has 0 saturated heterocycles. The molecule has 0 bridgehead atoms. The first-order valence-electron chi connectivity index (χ1n) is 12.8. The first kappa shape index (κ1) is 27.8. The molecule has 0 radical (unpaired) electrons. The van der Waals surface area contributed by atoms with Crippen molar-refractivity contribution < 1.29 is 23.0 Å². The van der Waals surface area contributed by atoms with Gasteiger partial charge < -0.3 is 15.2 Å². The van der Waals surface area contributed by atoms with Gasteiger partial charge in [0.15, 0.2) is 11.5 Å². The molecule has 2 N–H and O–H groups in total. The minimum absolute atomic E-state index is 0.0337. The van der Waals surface area contributed by atoms with E-state index in [2.05, 4.69) is 29.2 Å². The minimum Gasteiger partial charge on any atom is -0.493 e. The molecule has 4 aromatic rings. The average Bonchev–Trinajstić information content (AvgIpc) is 2.96. The van der Waals surface area contributed by atoms with Gasteiger partial charge in [0.2, 0.25) is 5.91 Å². The number of primary amides is 1. The highest BCUT2D eigenvalue weighted by molar-refractivity contribution is 5.93. The number of carbonyl (C=O) groups is 1. The summed E-state index contributed by atoms with van der Waals surface area (Å²) in [5.41, 5.74) is 8.28. The zero-order valence-corrected chi connectivity index (χ0v) is 21.9. The third-order valence-corrected chi connectivity index (χ3v) is 6.57. The Bertz CT molecular complexity index is 1330. The van der Waals surface area contributed by atoms with E-state index in [1.165, 1.54) is 19.2 Å². The third-order valence-electron chi connectivity index (χ3n) is 6.57. The van der Waals surface area contributed by atoms with Gasteiger partial charge >= 0.3 is 0 Å². The highest BCUT2D eigenvalue weighted by Crippen LogP contribution is 2.29. The molecule has 0 saturated carbocycles. The summed E-state index contributed by atoms with van der Waals surface area (Å²) in [4.78, 5) is 13.6. The quantitative estimate of drug-likeness (QED) is 0.210. The largest absolute Gasteiger partial charge is 0.493 e. The maximum absolute atomic E-state index is 14.6. The van der Waals surface area contributed by atoms with Crippen LogP contribution in [-0.4, -0.2) is 37.6 Å². The zero-order chi connectivity index (χ0) is 27.6. The van der Waals surface area contributed by atoms with Crippen LogP contribution in [0, 0.1) is 11.6 Å². The fourth-order valence-electron chi connectivity index (χ4n) is 4.58. The van der Waals surface area contributed by atoms with Gasteiger partial charge in [0, 0.05) is 36.7 Å². The SMILES string of the molecule is COc1cc(C(N)=O)ccc1OCCCN(Cc1cc(F)ccc1F)CC(c1ccccc1)c1ccccc1. The molecule has 202 valence electrons. The molecular formula is C32H32F2N2O3. The molecule has 39 heavy (non-hydrogen) atoms. The zero-order valence-electron chi connectivity index (χ0n) is 21.9. The molecule has 0 aliphatic carbocycles. The van der Waals surface area contributed by atoms with Crippen molar-refractivity contribution in [3.8, 4) is 11.5 Å². The van der Waals surface area contributed by atoms with Crippen molar-refractivity contribution in [2.75, 3.05) is 26.8 Å². The predicted molar refractivity (Wildman–Crippen MR) is 148 cm³/mol. The van der Waals surface area contributed by atoms with Crippen LogP contribution in [0.1, 0.15) is 39.4 Å². The first-order chi connectivity index (χ1) is 18.9. The van der Waals surface area contributed by atoms with Crippen molar-refractivity contribution in [1.29, 1.82) is 0 Å². The lowest BCUT2D eigenvalue weighted by Gasteiger charge is -2.29. The molecule has 0 atom stereocenters. The lowest BCUT2D eigenvalue weighted by Crippen LogP contribution is -2.31. The number of halogens is 2. The monoisotopic (exact) mass is 530 g/mol. The normalized spacial score (nSPS) is 11.1. The lowest BCUT2D eigenvalue weighted by molar-refractivity contribution is 0.1000. The summed E-state index contributed by atoms with van der Waals surface area (Å²) in [6.45, 7) is 1.78. The van der Waals surface area contributed by atoms with Gasteiger partial charge in [0.25, 0.3) is 0 Å². The molecule has 0 aromatic heterocycles. The summed E-state index contributed by atoms with van der Waals surface area (Å²) in [7, 11) is 1.50. The Balaban J connectivity index is 1.52. The van der Waals surface area contributed by atoms with Gasteiger partial charge in [-0.1, -0.05) is 60.7 Å². The van der Waals surface area contributed by atoms with E-state index < -0.39 is 17.5 Å². The second-order valence-corrected chi connectivity index (χ2v) is 9.28. The number of nitrogens with zero attached hydrogens (tertiary/aromatic N) is 1. The van der Waals surface area contributed by atoms with Crippen LogP contribution in [0.3, 0.4) is 0 Å². The Morgan fingerprint density at radius 3 is 2.15 bits per heavy atom. The smallest absolute Gasteiger partial charge is 0.248 e. The topological polar surface area (TPSA) is 64.8 Å². The van der Waals surface area contributed by atoms with Gasteiger partial charge in [-0.3, -0.25) is 9.69 Å². The predicted octanol–water partition coefficient (Wildman–Crippen LogP) is 6.18. The van der Waals surface area contributed by atoms with Gasteiger partial charge in [0.05, 0.1) is 13.7 Å². The van der Waals surface area contributed by atoms with Gasteiger partial charge in [-0.15, -0.1) is 0 Å². The number of hydrogen-bond donors (Lipinski definition) is 1. The van der Waals surface area contributed by atoms with Crippen LogP contribution in [0.25, 0.3) is 0 Å². The van der Waals surface area contributed by atoms with E-state index in [1.807, 2.05) is 36.4 Å². The van der Waals surface area contributed by atoms with Crippen LogP contribution in [0.4, 0.5) is 8.78 Å². The Kier molecular flexibility index (Phi) is 9.64. The fourth-order valence-corrected chi connectivity index (χ4v) is 4.58. The van der Waals surface area contributed by atoms with Crippen LogP contribution in [0.2, 0.25) is 0 Å². The van der Waals surface area contributed by atoms with E-state index in [0.29, 0.717) is 48.7 Å². The summed E-state index contributed by atoms with van der Waals surface area (Å²) < 4.78 is 39.9. The molecule has 0 heterocycles. The second-order valence-electron chi connectivity index (χ2n) is 9.28. The van der Waals surface area contributed by atoms with E-state index >= 15 is 0 Å². The lowest BCUT2D eigenvalue weighted by atomic mass is 9.90. The maximum atomic E-state index is 14.6. The Morgan fingerprint density at radius 1 is 0.872 bits per heavy atom. The Labute approximate surface area is 227 Å². The van der Waals surface area contributed by atoms with Crippen molar-refractivity contribution >= 4 is 5.91 Å². The molecule has 4 rings (SSSR count). The van der Waals surface area contributed by atoms with Crippen LogP contribution in [-0.2, 0) is 6.54 Å². The van der Waals surface area contributed by atoms with Crippen LogP contribution >= 0.6 is 0 Å². The third kappa shape index (κ3) is 7.65. The summed E-state index contributed by atoms with van der Waals surface area (Å²) in [6, 6.07) is 28.7. The van der Waals surface area contributed by atoms with E-state index in [1.54, 1.807) is 18.2 Å². The van der Waals surface area contributed by atoms with Gasteiger partial charge in [-0.25, -0.2) is 8.78 Å². The van der Waals surface area contributed by atoms with Crippen molar-refractivity contribution in [3.05, 3.63) is 131 Å². The number of rotatable bonds is 13. The fraction of sp³-hybridized carbons (Fsp3) is 0.219. The molecule has 1 amide bonds. The van der Waals surface area contributed by atoms with Crippen LogP contribution in [0.5, 0.6) is 11.5 Å². The van der Waals surface area contributed by atoms with Crippen molar-refractivity contribution in [2.45, 2.75) is 18.9 Å². The van der Waals surface area contributed by atoms with Gasteiger partial charge in [-0.05, 0) is 53.9 Å². The van der Waals surface area contributed by atoms with Crippen molar-refractivity contribution in [3.63, 3.8) is 0 Å². The molecule has 5 nitrogen and oxygen atoms in total. The number of amides is 1. The molecular weight excluding hydrogens is 498 g/mol. The number of ether oxygens (including phenoxy) is 2. The van der Waals surface area contributed by atoms with Gasteiger partial charge in [-0.2, -0.15) is 0 Å². The Morgan fingerprint density at radius 2 is 1.54 bits per heavy atom. The van der Waals surface area contributed by atoms with E-state index in [4.69, 9.17) is 15.2 Å². The highest BCUT2D eigenvalue weighted by Gasteiger charge is 2.20. The van der Waals surface area contributed by atoms with Crippen molar-refractivity contribution in [1.82, 2.24) is 4.90 Å². The average molecular weight is 531 g/mol. The van der Waals surface area contributed by atoms with Gasteiger partial charge in [0.1, 0.15) is 11.6 Å². The van der Waals surface area contributed by atoms with E-state index in [-0.39, 0.29) is 12.5 Å². The summed E-state index contributed by atoms with van der Waals surface area (Å²) >= 11 is 0.